The second kappa shape index (κ2) is 3.11. The largest absolute Gasteiger partial charge is 0.393 e. The molecule has 1 aromatic carbocycles. The minimum atomic E-state index is -0.426. The normalized spacial score (nSPS) is 30.5. The lowest BCUT2D eigenvalue weighted by Crippen LogP contribution is -2.43. The summed E-state index contributed by atoms with van der Waals surface area (Å²) in [6, 6.07) is 10.3. The summed E-state index contributed by atoms with van der Waals surface area (Å²) in [5, 5.41) is 18.5. The highest BCUT2D eigenvalue weighted by molar-refractivity contribution is 5.41. The van der Waals surface area contributed by atoms with Gasteiger partial charge < -0.3 is 5.11 Å². The number of aliphatic hydroxyl groups is 1. The average Bonchev–Trinajstić information content (AvgIpc) is 2.14. The summed E-state index contributed by atoms with van der Waals surface area (Å²) in [7, 11) is 0. The molecule has 0 radical (unpaired) electrons. The van der Waals surface area contributed by atoms with Gasteiger partial charge in [-0.3, -0.25) is 0 Å². The molecule has 1 N–H and O–H groups in total. The summed E-state index contributed by atoms with van der Waals surface area (Å²) >= 11 is 0. The van der Waals surface area contributed by atoms with Crippen molar-refractivity contribution < 1.29 is 5.11 Å². The van der Waals surface area contributed by atoms with Crippen LogP contribution in [0.2, 0.25) is 0 Å². The van der Waals surface area contributed by atoms with Crippen molar-refractivity contribution in [3.8, 4) is 6.07 Å². The van der Waals surface area contributed by atoms with E-state index in [-0.39, 0.29) is 6.10 Å². The number of nitriles is 1. The summed E-state index contributed by atoms with van der Waals surface area (Å²) in [5.74, 6) is 0. The third kappa shape index (κ3) is 1.21. The molecule has 1 saturated carbocycles. The topological polar surface area (TPSA) is 44.0 Å². The fourth-order valence-electron chi connectivity index (χ4n) is 2.23. The molecule has 0 aromatic heterocycles. The highest BCUT2D eigenvalue weighted by Gasteiger charge is 2.45. The van der Waals surface area contributed by atoms with Gasteiger partial charge in [0.1, 0.15) is 0 Å². The van der Waals surface area contributed by atoms with Crippen LogP contribution in [0.5, 0.6) is 0 Å². The van der Waals surface area contributed by atoms with Gasteiger partial charge in [-0.15, -0.1) is 0 Å². The third-order valence-electron chi connectivity index (χ3n) is 3.04. The van der Waals surface area contributed by atoms with E-state index >= 15 is 0 Å². The number of hydrogen-bond acceptors (Lipinski definition) is 2. The van der Waals surface area contributed by atoms with E-state index in [2.05, 4.69) is 6.07 Å². The van der Waals surface area contributed by atoms with Crippen molar-refractivity contribution in [1.82, 2.24) is 0 Å². The van der Waals surface area contributed by atoms with Gasteiger partial charge in [-0.2, -0.15) is 5.26 Å². The Kier molecular flexibility index (Phi) is 2.05. The zero-order chi connectivity index (χ0) is 10.2. The maximum atomic E-state index is 9.32. The SMILES string of the molecule is Cc1ccccc1C1(C#N)CC(O)C1. The van der Waals surface area contributed by atoms with Crippen LogP contribution < -0.4 is 0 Å². The van der Waals surface area contributed by atoms with Crippen LogP contribution in [-0.2, 0) is 5.41 Å². The third-order valence-corrected chi connectivity index (χ3v) is 3.04. The van der Waals surface area contributed by atoms with Gasteiger partial charge in [0.2, 0.25) is 0 Å². The Morgan fingerprint density at radius 3 is 2.57 bits per heavy atom. The Morgan fingerprint density at radius 1 is 1.43 bits per heavy atom. The highest BCUT2D eigenvalue weighted by atomic mass is 16.3. The van der Waals surface area contributed by atoms with E-state index in [1.54, 1.807) is 0 Å². The molecule has 1 aliphatic rings. The van der Waals surface area contributed by atoms with Crippen molar-refractivity contribution >= 4 is 0 Å². The first kappa shape index (κ1) is 9.23. The summed E-state index contributed by atoms with van der Waals surface area (Å²) in [6.45, 7) is 2.01. The lowest BCUT2D eigenvalue weighted by Gasteiger charge is -2.40. The minimum Gasteiger partial charge on any atom is -0.393 e. The van der Waals surface area contributed by atoms with E-state index in [4.69, 9.17) is 0 Å². The summed E-state index contributed by atoms with van der Waals surface area (Å²) in [6.07, 6.45) is 0.858. The fourth-order valence-corrected chi connectivity index (χ4v) is 2.23. The molecule has 0 unspecified atom stereocenters. The number of aliphatic hydroxyl groups excluding tert-OH is 1. The maximum Gasteiger partial charge on any atom is 0.0874 e. The van der Waals surface area contributed by atoms with Crippen LogP contribution in [-0.4, -0.2) is 11.2 Å². The molecule has 0 heterocycles. The molecule has 1 aliphatic carbocycles. The van der Waals surface area contributed by atoms with E-state index in [0.29, 0.717) is 12.8 Å². The van der Waals surface area contributed by atoms with Crippen molar-refractivity contribution in [2.24, 2.45) is 0 Å². The molecule has 0 amide bonds. The Balaban J connectivity index is 2.40. The Hall–Kier alpha value is -1.33. The van der Waals surface area contributed by atoms with Crippen LogP contribution in [0.4, 0.5) is 0 Å². The number of nitrogens with zero attached hydrogens (tertiary/aromatic N) is 1. The van der Waals surface area contributed by atoms with Crippen molar-refractivity contribution in [3.63, 3.8) is 0 Å². The van der Waals surface area contributed by atoms with E-state index < -0.39 is 5.41 Å². The second-order valence-corrected chi connectivity index (χ2v) is 4.07. The molecule has 0 bridgehead atoms. The van der Waals surface area contributed by atoms with Crippen LogP contribution in [0, 0.1) is 18.3 Å². The van der Waals surface area contributed by atoms with Gasteiger partial charge in [-0.05, 0) is 30.9 Å². The van der Waals surface area contributed by atoms with Crippen LogP contribution in [0.1, 0.15) is 24.0 Å². The molecular formula is C12H13NO. The zero-order valence-electron chi connectivity index (χ0n) is 8.20. The Labute approximate surface area is 83.8 Å². The Morgan fingerprint density at radius 2 is 2.07 bits per heavy atom. The number of benzene rings is 1. The first-order valence-corrected chi connectivity index (χ1v) is 4.83. The van der Waals surface area contributed by atoms with Gasteiger partial charge in [0.25, 0.3) is 0 Å². The standard InChI is InChI=1S/C12H13NO/c1-9-4-2-3-5-11(9)12(8-13)6-10(14)7-12/h2-5,10,14H,6-7H2,1H3. The summed E-state index contributed by atoms with van der Waals surface area (Å²) < 4.78 is 0. The van der Waals surface area contributed by atoms with Gasteiger partial charge in [0.15, 0.2) is 0 Å². The lowest BCUT2D eigenvalue weighted by molar-refractivity contribution is 0.0445. The molecular weight excluding hydrogens is 174 g/mol. The van der Waals surface area contributed by atoms with E-state index in [1.807, 2.05) is 31.2 Å². The first-order valence-electron chi connectivity index (χ1n) is 4.83. The summed E-state index contributed by atoms with van der Waals surface area (Å²) in [4.78, 5) is 0. The van der Waals surface area contributed by atoms with Crippen molar-refractivity contribution in [2.45, 2.75) is 31.3 Å². The predicted molar refractivity (Wildman–Crippen MR) is 53.7 cm³/mol. The van der Waals surface area contributed by atoms with Gasteiger partial charge >= 0.3 is 0 Å². The zero-order valence-corrected chi connectivity index (χ0v) is 8.20. The molecule has 1 aromatic rings. The fraction of sp³-hybridized carbons (Fsp3) is 0.417. The molecule has 2 heteroatoms. The van der Waals surface area contributed by atoms with Gasteiger partial charge in [0, 0.05) is 0 Å². The predicted octanol–water partition coefficient (Wildman–Crippen LogP) is 1.91. The highest BCUT2D eigenvalue weighted by Crippen LogP contribution is 2.44. The Bertz CT molecular complexity index is 386. The molecule has 0 aliphatic heterocycles. The van der Waals surface area contributed by atoms with Crippen LogP contribution in [0.3, 0.4) is 0 Å². The second-order valence-electron chi connectivity index (χ2n) is 4.07. The number of rotatable bonds is 1. The molecule has 0 atom stereocenters. The van der Waals surface area contributed by atoms with Gasteiger partial charge in [-0.25, -0.2) is 0 Å². The van der Waals surface area contributed by atoms with E-state index in [1.165, 1.54) is 0 Å². The van der Waals surface area contributed by atoms with Crippen LogP contribution in [0.15, 0.2) is 24.3 Å². The average molecular weight is 187 g/mol. The van der Waals surface area contributed by atoms with E-state index in [9.17, 15) is 10.4 Å². The molecule has 72 valence electrons. The van der Waals surface area contributed by atoms with Crippen LogP contribution >= 0.6 is 0 Å². The quantitative estimate of drug-likeness (QED) is 0.729. The molecule has 14 heavy (non-hydrogen) atoms. The first-order chi connectivity index (χ1) is 6.68. The number of aryl methyl sites for hydroxylation is 1. The smallest absolute Gasteiger partial charge is 0.0874 e. The van der Waals surface area contributed by atoms with Crippen molar-refractivity contribution in [2.75, 3.05) is 0 Å². The maximum absolute atomic E-state index is 9.32. The monoisotopic (exact) mass is 187 g/mol. The number of hydrogen-bond donors (Lipinski definition) is 1. The van der Waals surface area contributed by atoms with Crippen molar-refractivity contribution in [1.29, 1.82) is 5.26 Å². The molecule has 2 nitrogen and oxygen atoms in total. The lowest BCUT2D eigenvalue weighted by atomic mass is 9.63. The van der Waals surface area contributed by atoms with E-state index in [0.717, 1.165) is 11.1 Å². The van der Waals surface area contributed by atoms with Gasteiger partial charge in [-0.1, -0.05) is 24.3 Å². The molecule has 2 rings (SSSR count). The summed E-state index contributed by atoms with van der Waals surface area (Å²) in [5.41, 5.74) is 1.79. The molecule has 0 saturated heterocycles. The van der Waals surface area contributed by atoms with Crippen molar-refractivity contribution in [3.05, 3.63) is 35.4 Å². The van der Waals surface area contributed by atoms with Crippen LogP contribution in [0.25, 0.3) is 0 Å². The molecule has 1 fully saturated rings. The molecule has 0 spiro atoms. The van der Waals surface area contributed by atoms with Gasteiger partial charge in [0.05, 0.1) is 17.6 Å². The minimum absolute atomic E-state index is 0.297.